The van der Waals surface area contributed by atoms with Crippen LogP contribution in [0.4, 0.5) is 13.2 Å². The molecule has 9 heteroatoms. The number of nitrogens with one attached hydrogen (secondary N) is 1. The van der Waals surface area contributed by atoms with Gasteiger partial charge in [0.05, 0.1) is 17.8 Å². The summed E-state index contributed by atoms with van der Waals surface area (Å²) in [6, 6.07) is 5.70. The number of aromatic amines is 1. The summed E-state index contributed by atoms with van der Waals surface area (Å²) in [6.07, 6.45) is -2.90. The lowest BCUT2D eigenvalue weighted by Crippen LogP contribution is -2.43. The van der Waals surface area contributed by atoms with Crippen LogP contribution in [-0.2, 0) is 23.9 Å². The van der Waals surface area contributed by atoms with Gasteiger partial charge >= 0.3 is 6.18 Å². The van der Waals surface area contributed by atoms with E-state index in [0.29, 0.717) is 56.7 Å². The molecule has 1 saturated heterocycles. The maximum Gasteiger partial charge on any atom is 0.416 e. The number of carbonyl (C=O) groups is 2. The lowest BCUT2D eigenvalue weighted by atomic mass is 9.86. The second-order valence-electron chi connectivity index (χ2n) is 9.91. The van der Waals surface area contributed by atoms with Gasteiger partial charge in [-0.25, -0.2) is 0 Å². The van der Waals surface area contributed by atoms with Crippen LogP contribution in [0.5, 0.6) is 0 Å². The summed E-state index contributed by atoms with van der Waals surface area (Å²) in [7, 11) is 0. The number of alkyl halides is 3. The highest BCUT2D eigenvalue weighted by Crippen LogP contribution is 2.39. The predicted molar refractivity (Wildman–Crippen MR) is 116 cm³/mol. The smallest absolute Gasteiger partial charge is 0.337 e. The molecule has 4 rings (SSSR count). The summed E-state index contributed by atoms with van der Waals surface area (Å²) in [5.41, 5.74) is 1.20. The van der Waals surface area contributed by atoms with E-state index < -0.39 is 17.2 Å². The third kappa shape index (κ3) is 4.63. The van der Waals surface area contributed by atoms with Crippen molar-refractivity contribution in [3.63, 3.8) is 0 Å². The number of fused-ring (bicyclic) bond motifs is 1. The fourth-order valence-corrected chi connectivity index (χ4v) is 4.80. The number of hydrogen-bond acceptors (Lipinski definition) is 3. The first-order chi connectivity index (χ1) is 15.5. The molecular weight excluding hydrogens is 433 g/mol. The number of carbonyl (C=O) groups excluding carboxylic acids is 2. The second-order valence-corrected chi connectivity index (χ2v) is 9.91. The topological polar surface area (TPSA) is 69.3 Å². The van der Waals surface area contributed by atoms with Crippen molar-refractivity contribution in [2.24, 2.45) is 5.41 Å². The molecule has 0 unspecified atom stereocenters. The van der Waals surface area contributed by atoms with Gasteiger partial charge in [0.15, 0.2) is 5.69 Å². The van der Waals surface area contributed by atoms with Crippen LogP contribution in [0.25, 0.3) is 0 Å². The highest BCUT2D eigenvalue weighted by Gasteiger charge is 2.37. The maximum absolute atomic E-state index is 13.4. The molecule has 2 amide bonds. The largest absolute Gasteiger partial charge is 0.416 e. The molecule has 1 aromatic heterocycles. The first-order valence-electron chi connectivity index (χ1n) is 11.3. The van der Waals surface area contributed by atoms with Crippen molar-refractivity contribution in [3.05, 3.63) is 52.3 Å². The summed E-state index contributed by atoms with van der Waals surface area (Å²) < 4.78 is 40.2. The van der Waals surface area contributed by atoms with E-state index in [-0.39, 0.29) is 17.7 Å². The zero-order valence-corrected chi connectivity index (χ0v) is 19.1. The lowest BCUT2D eigenvalue weighted by Gasteiger charge is -2.34. The van der Waals surface area contributed by atoms with Gasteiger partial charge in [-0.1, -0.05) is 39.0 Å². The average molecular weight is 463 g/mol. The molecule has 2 aromatic rings. The maximum atomic E-state index is 13.4. The zero-order chi connectivity index (χ0) is 24.0. The fraction of sp³-hybridized carbons (Fsp3) is 0.542. The molecule has 1 fully saturated rings. The number of aromatic nitrogens is 2. The lowest BCUT2D eigenvalue weighted by molar-refractivity contribution is -0.140. The SMILES string of the molecule is CC(C)(C)C(=O)N1CCc2c(C(=O)N3CCC(c4ccccc4C(F)(F)F)CC3)n[nH]c2C1. The van der Waals surface area contributed by atoms with Crippen molar-refractivity contribution >= 4 is 11.8 Å². The molecule has 0 aliphatic carbocycles. The molecule has 6 nitrogen and oxygen atoms in total. The van der Waals surface area contributed by atoms with Gasteiger partial charge in [0.25, 0.3) is 5.91 Å². The number of hydrogen-bond donors (Lipinski definition) is 1. The molecule has 0 atom stereocenters. The summed E-state index contributed by atoms with van der Waals surface area (Å²) in [6.45, 7) is 7.32. The Bertz CT molecular complexity index is 1050. The minimum atomic E-state index is -4.39. The van der Waals surface area contributed by atoms with E-state index in [1.807, 2.05) is 20.8 Å². The zero-order valence-electron chi connectivity index (χ0n) is 19.1. The molecule has 2 aliphatic rings. The Morgan fingerprint density at radius 2 is 1.70 bits per heavy atom. The number of nitrogens with zero attached hydrogens (tertiary/aromatic N) is 3. The van der Waals surface area contributed by atoms with Gasteiger partial charge in [0, 0.05) is 30.6 Å². The molecule has 33 heavy (non-hydrogen) atoms. The number of likely N-dealkylation sites (tertiary alicyclic amines) is 1. The Balaban J connectivity index is 1.43. The second kappa shape index (κ2) is 8.50. The molecule has 0 spiro atoms. The van der Waals surface area contributed by atoms with E-state index in [4.69, 9.17) is 0 Å². The van der Waals surface area contributed by atoms with Crippen LogP contribution in [-0.4, -0.2) is 51.4 Å². The van der Waals surface area contributed by atoms with E-state index in [1.165, 1.54) is 6.07 Å². The number of H-pyrrole nitrogens is 1. The third-order valence-electron chi connectivity index (χ3n) is 6.55. The Hall–Kier alpha value is -2.84. The Kier molecular flexibility index (Phi) is 6.01. The minimum Gasteiger partial charge on any atom is -0.337 e. The van der Waals surface area contributed by atoms with Crippen molar-refractivity contribution in [1.29, 1.82) is 0 Å². The molecule has 1 N–H and O–H groups in total. The van der Waals surface area contributed by atoms with Gasteiger partial charge in [-0.3, -0.25) is 14.7 Å². The van der Waals surface area contributed by atoms with Gasteiger partial charge in [-0.2, -0.15) is 18.3 Å². The van der Waals surface area contributed by atoms with Crippen molar-refractivity contribution in [1.82, 2.24) is 20.0 Å². The van der Waals surface area contributed by atoms with E-state index in [9.17, 15) is 22.8 Å². The van der Waals surface area contributed by atoms with Gasteiger partial charge in [0.1, 0.15) is 0 Å². The Morgan fingerprint density at radius 1 is 1.03 bits per heavy atom. The monoisotopic (exact) mass is 462 g/mol. The van der Waals surface area contributed by atoms with Crippen molar-refractivity contribution in [2.75, 3.05) is 19.6 Å². The minimum absolute atomic E-state index is 0.0526. The number of benzene rings is 1. The summed E-state index contributed by atoms with van der Waals surface area (Å²) in [5, 5.41) is 7.17. The van der Waals surface area contributed by atoms with Crippen molar-refractivity contribution in [3.8, 4) is 0 Å². The molecule has 1 aromatic carbocycles. The first kappa shape index (κ1) is 23.3. The Morgan fingerprint density at radius 3 is 2.33 bits per heavy atom. The Labute approximate surface area is 191 Å². The average Bonchev–Trinajstić information content (AvgIpc) is 3.20. The number of halogens is 3. The van der Waals surface area contributed by atoms with Crippen LogP contribution in [0, 0.1) is 5.41 Å². The van der Waals surface area contributed by atoms with E-state index >= 15 is 0 Å². The summed E-state index contributed by atoms with van der Waals surface area (Å²) in [5.74, 6) is -0.389. The van der Waals surface area contributed by atoms with Crippen LogP contribution in [0.1, 0.15) is 72.4 Å². The van der Waals surface area contributed by atoms with E-state index in [1.54, 1.807) is 21.9 Å². The highest BCUT2D eigenvalue weighted by atomic mass is 19.4. The summed E-state index contributed by atoms with van der Waals surface area (Å²) >= 11 is 0. The number of amides is 2. The normalized spacial score (nSPS) is 17.8. The quantitative estimate of drug-likeness (QED) is 0.720. The molecule has 178 valence electrons. The molecule has 0 radical (unpaired) electrons. The fourth-order valence-electron chi connectivity index (χ4n) is 4.80. The standard InChI is InChI=1S/C24H29F3N4O2/c1-23(2,3)22(33)31-13-10-17-19(14-31)28-29-20(17)21(32)30-11-8-15(9-12-30)16-6-4-5-7-18(16)24(25,26)27/h4-7,15H,8-14H2,1-3H3,(H,28,29). The van der Waals surface area contributed by atoms with Crippen LogP contribution in [0.15, 0.2) is 24.3 Å². The molecular formula is C24H29F3N4O2. The number of rotatable bonds is 2. The first-order valence-corrected chi connectivity index (χ1v) is 11.3. The van der Waals surface area contributed by atoms with Gasteiger partial charge in [0.2, 0.25) is 5.91 Å². The summed E-state index contributed by atoms with van der Waals surface area (Å²) in [4.78, 5) is 29.2. The van der Waals surface area contributed by atoms with E-state index in [2.05, 4.69) is 10.2 Å². The third-order valence-corrected chi connectivity index (χ3v) is 6.55. The van der Waals surface area contributed by atoms with Crippen LogP contribution in [0.3, 0.4) is 0 Å². The van der Waals surface area contributed by atoms with E-state index in [0.717, 1.165) is 17.3 Å². The van der Waals surface area contributed by atoms with Crippen molar-refractivity contribution in [2.45, 2.75) is 58.7 Å². The molecule has 3 heterocycles. The van der Waals surface area contributed by atoms with Gasteiger partial charge in [-0.15, -0.1) is 0 Å². The van der Waals surface area contributed by atoms with Gasteiger partial charge in [-0.05, 0) is 36.8 Å². The highest BCUT2D eigenvalue weighted by molar-refractivity contribution is 5.94. The van der Waals surface area contributed by atoms with Crippen molar-refractivity contribution < 1.29 is 22.8 Å². The van der Waals surface area contributed by atoms with Crippen LogP contribution >= 0.6 is 0 Å². The predicted octanol–water partition coefficient (Wildman–Crippen LogP) is 4.38. The van der Waals surface area contributed by atoms with Crippen LogP contribution < -0.4 is 0 Å². The van der Waals surface area contributed by atoms with Crippen LogP contribution in [0.2, 0.25) is 0 Å². The molecule has 0 saturated carbocycles. The van der Waals surface area contributed by atoms with Gasteiger partial charge < -0.3 is 9.80 Å². The molecule has 0 bridgehead atoms. The number of piperidine rings is 1. The molecule has 2 aliphatic heterocycles.